The predicted molar refractivity (Wildman–Crippen MR) is 69.0 cm³/mol. The summed E-state index contributed by atoms with van der Waals surface area (Å²) < 4.78 is 0. The minimum absolute atomic E-state index is 0.00624. The molecule has 1 rings (SSSR count). The molecule has 0 radical (unpaired) electrons. The maximum atomic E-state index is 12.1. The molecule has 0 bridgehead atoms. The maximum Gasteiger partial charge on any atom is 0.205 e. The van der Waals surface area contributed by atoms with Crippen molar-refractivity contribution >= 4 is 5.78 Å². The molecular formula is C14H22N2O. The average molecular weight is 234 g/mol. The van der Waals surface area contributed by atoms with E-state index in [1.807, 2.05) is 26.8 Å². The third kappa shape index (κ3) is 4.25. The summed E-state index contributed by atoms with van der Waals surface area (Å²) in [5.74, 6) is 0.326. The summed E-state index contributed by atoms with van der Waals surface area (Å²) in [5.41, 5.74) is 0.664. The first-order valence-corrected chi connectivity index (χ1v) is 5.96. The van der Waals surface area contributed by atoms with Crippen LogP contribution in [0.15, 0.2) is 12.3 Å². The summed E-state index contributed by atoms with van der Waals surface area (Å²) in [4.78, 5) is 20.5. The first-order chi connectivity index (χ1) is 7.59. The monoisotopic (exact) mass is 234 g/mol. The second kappa shape index (κ2) is 4.55. The van der Waals surface area contributed by atoms with E-state index in [1.54, 1.807) is 6.20 Å². The number of Topliss-reactive ketones (excluding diaryl/α,β-unsaturated/α-hetero) is 1. The van der Waals surface area contributed by atoms with E-state index >= 15 is 0 Å². The Bertz CT molecular complexity index is 411. The van der Waals surface area contributed by atoms with E-state index < -0.39 is 5.41 Å². The van der Waals surface area contributed by atoms with E-state index in [2.05, 4.69) is 30.7 Å². The Hall–Kier alpha value is -1.25. The number of aromatic nitrogens is 2. The normalized spacial score (nSPS) is 12.6. The minimum Gasteiger partial charge on any atom is -0.290 e. The van der Waals surface area contributed by atoms with E-state index in [0.717, 1.165) is 12.1 Å². The van der Waals surface area contributed by atoms with Gasteiger partial charge in [-0.2, -0.15) is 0 Å². The van der Waals surface area contributed by atoms with Gasteiger partial charge in [0.05, 0.1) is 0 Å². The van der Waals surface area contributed by atoms with Crippen molar-refractivity contribution in [3.63, 3.8) is 0 Å². The second-order valence-corrected chi connectivity index (χ2v) is 6.69. The Kier molecular flexibility index (Phi) is 3.70. The molecule has 0 aliphatic rings. The Morgan fingerprint density at radius 1 is 1.18 bits per heavy atom. The number of carbonyl (C=O) groups excluding carboxylic acids is 1. The summed E-state index contributed by atoms with van der Waals surface area (Å²) in [5, 5.41) is 0. The van der Waals surface area contributed by atoms with Gasteiger partial charge in [0.15, 0.2) is 5.82 Å². The van der Waals surface area contributed by atoms with Crippen molar-refractivity contribution in [1.29, 1.82) is 0 Å². The average Bonchev–Trinajstić information content (AvgIpc) is 2.12. The lowest BCUT2D eigenvalue weighted by Gasteiger charge is -2.19. The van der Waals surface area contributed by atoms with Crippen LogP contribution >= 0.6 is 0 Å². The molecule has 1 heterocycles. The lowest BCUT2D eigenvalue weighted by atomic mass is 9.89. The Morgan fingerprint density at radius 2 is 1.76 bits per heavy atom. The second-order valence-electron chi connectivity index (χ2n) is 6.69. The van der Waals surface area contributed by atoms with Gasteiger partial charge in [0.25, 0.3) is 0 Å². The van der Waals surface area contributed by atoms with Crippen LogP contribution in [0.2, 0.25) is 0 Å². The van der Waals surface area contributed by atoms with E-state index in [4.69, 9.17) is 0 Å². The fourth-order valence-corrected chi connectivity index (χ4v) is 1.48. The molecule has 0 saturated heterocycles. The fraction of sp³-hybridized carbons (Fsp3) is 0.643. The Labute approximate surface area is 104 Å². The van der Waals surface area contributed by atoms with Gasteiger partial charge >= 0.3 is 0 Å². The zero-order valence-corrected chi connectivity index (χ0v) is 11.7. The van der Waals surface area contributed by atoms with E-state index in [1.165, 1.54) is 0 Å². The molecule has 0 aromatic carbocycles. The highest BCUT2D eigenvalue weighted by atomic mass is 16.1. The smallest absolute Gasteiger partial charge is 0.205 e. The summed E-state index contributed by atoms with van der Waals surface area (Å²) in [6, 6.07) is 1.88. The van der Waals surface area contributed by atoms with Crippen molar-refractivity contribution in [1.82, 2.24) is 9.97 Å². The zero-order chi connectivity index (χ0) is 13.3. The fourth-order valence-electron chi connectivity index (χ4n) is 1.48. The molecule has 3 heteroatoms. The van der Waals surface area contributed by atoms with Crippen LogP contribution in [0.25, 0.3) is 0 Å². The first-order valence-electron chi connectivity index (χ1n) is 5.96. The van der Waals surface area contributed by atoms with Crippen LogP contribution in [-0.2, 0) is 6.42 Å². The van der Waals surface area contributed by atoms with Gasteiger partial charge < -0.3 is 0 Å². The first kappa shape index (κ1) is 13.8. The molecule has 0 aliphatic carbocycles. The van der Waals surface area contributed by atoms with Crippen LogP contribution in [0.1, 0.15) is 57.9 Å². The number of ketones is 1. The summed E-state index contributed by atoms with van der Waals surface area (Å²) in [7, 11) is 0. The topological polar surface area (TPSA) is 42.9 Å². The van der Waals surface area contributed by atoms with Gasteiger partial charge in [-0.1, -0.05) is 41.5 Å². The Balaban J connectivity index is 2.98. The van der Waals surface area contributed by atoms with Gasteiger partial charge in [-0.3, -0.25) is 4.79 Å². The van der Waals surface area contributed by atoms with E-state index in [9.17, 15) is 4.79 Å². The summed E-state index contributed by atoms with van der Waals surface area (Å²) in [6.45, 7) is 12.1. The molecule has 0 unspecified atom stereocenters. The van der Waals surface area contributed by atoms with Crippen LogP contribution < -0.4 is 0 Å². The van der Waals surface area contributed by atoms with Crippen molar-refractivity contribution in [2.75, 3.05) is 0 Å². The molecule has 3 nitrogen and oxygen atoms in total. The largest absolute Gasteiger partial charge is 0.290 e. The summed E-state index contributed by atoms with van der Waals surface area (Å²) >= 11 is 0. The molecule has 1 aromatic rings. The zero-order valence-electron chi connectivity index (χ0n) is 11.7. The Morgan fingerprint density at radius 3 is 2.24 bits per heavy atom. The van der Waals surface area contributed by atoms with Gasteiger partial charge in [-0.05, 0) is 17.9 Å². The molecular weight excluding hydrogens is 212 g/mol. The lowest BCUT2D eigenvalue weighted by molar-refractivity contribution is 0.0846. The van der Waals surface area contributed by atoms with Crippen molar-refractivity contribution < 1.29 is 4.79 Å². The van der Waals surface area contributed by atoms with Crippen molar-refractivity contribution in [3.05, 3.63) is 23.8 Å². The number of hydrogen-bond donors (Lipinski definition) is 0. The van der Waals surface area contributed by atoms with E-state index in [0.29, 0.717) is 5.82 Å². The molecule has 0 aliphatic heterocycles. The third-order valence-electron chi connectivity index (χ3n) is 2.31. The third-order valence-corrected chi connectivity index (χ3v) is 2.31. The molecule has 94 valence electrons. The van der Waals surface area contributed by atoms with Gasteiger partial charge in [0.2, 0.25) is 5.78 Å². The van der Waals surface area contributed by atoms with E-state index in [-0.39, 0.29) is 11.2 Å². The molecule has 17 heavy (non-hydrogen) atoms. The van der Waals surface area contributed by atoms with Gasteiger partial charge in [0.1, 0.15) is 0 Å². The molecule has 0 amide bonds. The predicted octanol–water partition coefficient (Wildman–Crippen LogP) is 3.29. The van der Waals surface area contributed by atoms with Crippen LogP contribution in [-0.4, -0.2) is 15.8 Å². The highest BCUT2D eigenvalue weighted by Crippen LogP contribution is 2.21. The molecule has 0 fully saturated rings. The van der Waals surface area contributed by atoms with Crippen molar-refractivity contribution in [2.45, 2.75) is 48.0 Å². The number of nitrogens with zero attached hydrogens (tertiary/aromatic N) is 2. The highest BCUT2D eigenvalue weighted by Gasteiger charge is 2.25. The standard InChI is InChI=1S/C14H22N2O/c1-13(2,3)9-10-7-8-15-12(16-10)11(17)14(4,5)6/h7-8H,9H2,1-6H3. The van der Waals surface area contributed by atoms with Crippen molar-refractivity contribution in [2.24, 2.45) is 10.8 Å². The molecule has 1 aromatic heterocycles. The lowest BCUT2D eigenvalue weighted by Crippen LogP contribution is -2.23. The molecule has 0 saturated carbocycles. The van der Waals surface area contributed by atoms with Crippen LogP contribution in [0, 0.1) is 10.8 Å². The number of carbonyl (C=O) groups is 1. The molecule has 0 spiro atoms. The van der Waals surface area contributed by atoms with Crippen LogP contribution in [0.3, 0.4) is 0 Å². The van der Waals surface area contributed by atoms with Gasteiger partial charge in [0, 0.05) is 17.3 Å². The summed E-state index contributed by atoms with van der Waals surface area (Å²) in [6.07, 6.45) is 2.52. The van der Waals surface area contributed by atoms with Crippen LogP contribution in [0.4, 0.5) is 0 Å². The van der Waals surface area contributed by atoms with Crippen molar-refractivity contribution in [3.8, 4) is 0 Å². The number of rotatable bonds is 2. The highest BCUT2D eigenvalue weighted by molar-refractivity contribution is 5.96. The maximum absolute atomic E-state index is 12.1. The SMILES string of the molecule is CC(C)(C)Cc1ccnc(C(=O)C(C)(C)C)n1. The quantitative estimate of drug-likeness (QED) is 0.737. The molecule has 0 atom stereocenters. The molecule has 0 N–H and O–H groups in total. The minimum atomic E-state index is -0.430. The van der Waals surface area contributed by atoms with Gasteiger partial charge in [-0.15, -0.1) is 0 Å². The van der Waals surface area contributed by atoms with Gasteiger partial charge in [-0.25, -0.2) is 9.97 Å². The number of hydrogen-bond acceptors (Lipinski definition) is 3. The van der Waals surface area contributed by atoms with Crippen LogP contribution in [0.5, 0.6) is 0 Å².